The molecule has 1 saturated heterocycles. The van der Waals surface area contributed by atoms with Crippen LogP contribution < -0.4 is 16.8 Å². The van der Waals surface area contributed by atoms with Crippen molar-refractivity contribution < 1.29 is 14.4 Å². The van der Waals surface area contributed by atoms with E-state index >= 15 is 0 Å². The van der Waals surface area contributed by atoms with Gasteiger partial charge in [-0.1, -0.05) is 69.8 Å². The molecular weight excluding hydrogens is 614 g/mol. The first-order valence-electron chi connectivity index (χ1n) is 19.5. The van der Waals surface area contributed by atoms with Crippen LogP contribution in [0.25, 0.3) is 0 Å². The van der Waals surface area contributed by atoms with Gasteiger partial charge >= 0.3 is 0 Å². The minimum atomic E-state index is -0.681. The van der Waals surface area contributed by atoms with Gasteiger partial charge in [0.05, 0.1) is 6.04 Å². The van der Waals surface area contributed by atoms with Crippen molar-refractivity contribution in [2.24, 2.45) is 11.5 Å². The maximum Gasteiger partial charge on any atom is 0.245 e. The molecule has 1 rings (SSSR count). The number of amides is 3. The van der Waals surface area contributed by atoms with Crippen LogP contribution in [0.2, 0.25) is 0 Å². The predicted molar refractivity (Wildman–Crippen MR) is 205 cm³/mol. The van der Waals surface area contributed by atoms with E-state index in [2.05, 4.69) is 46.3 Å². The van der Waals surface area contributed by atoms with Crippen LogP contribution in [-0.2, 0) is 14.4 Å². The van der Waals surface area contributed by atoms with Crippen molar-refractivity contribution in [1.82, 2.24) is 24.9 Å². The molecule has 284 valence electrons. The summed E-state index contributed by atoms with van der Waals surface area (Å²) in [5.74, 6) is -0.245. The Hall–Kier alpha value is -2.27. The summed E-state index contributed by atoms with van der Waals surface area (Å²) in [5.41, 5.74) is 12.0. The summed E-state index contributed by atoms with van der Waals surface area (Å²) in [5, 5.41) is 3.16. The van der Waals surface area contributed by atoms with Crippen molar-refractivity contribution in [3.63, 3.8) is 0 Å². The average molecular weight is 690 g/mol. The molecule has 0 aromatic rings. The number of carbonyl (C=O) groups excluding carboxylic acids is 3. The predicted octanol–water partition coefficient (Wildman–Crippen LogP) is 5.07. The highest BCUT2D eigenvalue weighted by molar-refractivity contribution is 5.91. The lowest BCUT2D eigenvalue weighted by Crippen LogP contribution is -2.52. The van der Waals surface area contributed by atoms with Gasteiger partial charge < -0.3 is 36.4 Å². The van der Waals surface area contributed by atoms with E-state index in [-0.39, 0.29) is 23.8 Å². The molecular formula is C39H75N7O3. The number of hydrogen-bond acceptors (Lipinski definition) is 7. The number of carbonyl (C=O) groups is 3. The van der Waals surface area contributed by atoms with E-state index in [1.807, 2.05) is 33.1 Å². The summed E-state index contributed by atoms with van der Waals surface area (Å²) in [4.78, 5) is 48.5. The zero-order valence-corrected chi connectivity index (χ0v) is 32.2. The van der Waals surface area contributed by atoms with Crippen LogP contribution >= 0.6 is 0 Å². The number of hydrogen-bond donors (Lipinski definition) is 3. The van der Waals surface area contributed by atoms with Gasteiger partial charge in [0.1, 0.15) is 6.04 Å². The summed E-state index contributed by atoms with van der Waals surface area (Å²) in [7, 11) is 8.13. The Morgan fingerprint density at radius 3 is 1.96 bits per heavy atom. The van der Waals surface area contributed by atoms with Crippen molar-refractivity contribution in [2.45, 2.75) is 141 Å². The Balaban J connectivity index is 2.64. The molecule has 1 aliphatic rings. The maximum atomic E-state index is 14.1. The van der Waals surface area contributed by atoms with Crippen LogP contribution in [-0.4, -0.2) is 123 Å². The highest BCUT2D eigenvalue weighted by Gasteiger charge is 2.42. The molecule has 3 atom stereocenters. The minimum Gasteiger partial charge on any atom is -0.351 e. The lowest BCUT2D eigenvalue weighted by Gasteiger charge is -2.32. The first-order valence-corrected chi connectivity index (χ1v) is 19.5. The van der Waals surface area contributed by atoms with E-state index < -0.39 is 12.1 Å². The molecule has 3 amide bonds. The largest absolute Gasteiger partial charge is 0.351 e. The number of unbranched alkanes of at least 4 members (excludes halogenated alkanes) is 9. The summed E-state index contributed by atoms with van der Waals surface area (Å²) >= 11 is 0. The van der Waals surface area contributed by atoms with E-state index in [4.69, 9.17) is 11.5 Å². The van der Waals surface area contributed by atoms with E-state index in [9.17, 15) is 14.4 Å². The van der Waals surface area contributed by atoms with E-state index in [1.165, 1.54) is 38.5 Å². The minimum absolute atomic E-state index is 0.00255. The second kappa shape index (κ2) is 28.4. The van der Waals surface area contributed by atoms with E-state index in [0.717, 1.165) is 70.9 Å². The Morgan fingerprint density at radius 2 is 1.37 bits per heavy atom. The molecule has 0 aromatic heterocycles. The molecule has 0 radical (unpaired) electrons. The SMILES string of the molecule is CCCCCC=CCC=CCCCCCCCC(=O)N[C@H]1C[C@@H](C(=O)N(CCCN(C)C)CCCN(C)C)N(C(=O)[C@H](N)CCCCN)C1. The summed E-state index contributed by atoms with van der Waals surface area (Å²) in [6.45, 7) is 6.14. The Bertz CT molecular complexity index is 926. The Morgan fingerprint density at radius 1 is 0.776 bits per heavy atom. The standard InChI is InChI=1S/C39H75N7O3/c1-6-7-8-9-10-11-12-13-14-15-16-17-18-19-20-26-37(47)42-34-32-36(46(33-34)38(48)35(41)25-21-22-27-40)39(49)45(30-23-28-43(2)3)31-24-29-44(4)5/h10-11,13-14,34-36H,6-9,12,15-33,40-41H2,1-5H3,(H,42,47)/t34-,35+,36-/m0/s1. The van der Waals surface area contributed by atoms with Gasteiger partial charge in [0.15, 0.2) is 0 Å². The number of rotatable bonds is 29. The van der Waals surface area contributed by atoms with Crippen molar-refractivity contribution in [1.29, 1.82) is 0 Å². The van der Waals surface area contributed by atoms with Crippen LogP contribution in [0.15, 0.2) is 24.3 Å². The molecule has 0 saturated carbocycles. The molecule has 5 N–H and O–H groups in total. The van der Waals surface area contributed by atoms with Crippen molar-refractivity contribution in [3.05, 3.63) is 24.3 Å². The molecule has 1 aliphatic heterocycles. The number of nitrogens with one attached hydrogen (secondary N) is 1. The van der Waals surface area contributed by atoms with Gasteiger partial charge in [-0.3, -0.25) is 14.4 Å². The molecule has 10 nitrogen and oxygen atoms in total. The lowest BCUT2D eigenvalue weighted by molar-refractivity contribution is -0.144. The third kappa shape index (κ3) is 21.5. The Labute approximate surface area is 300 Å². The first kappa shape index (κ1) is 44.8. The summed E-state index contributed by atoms with van der Waals surface area (Å²) in [6.07, 6.45) is 26.4. The van der Waals surface area contributed by atoms with Gasteiger partial charge in [-0.05, 0) is 118 Å². The van der Waals surface area contributed by atoms with Crippen molar-refractivity contribution in [2.75, 3.05) is 67.5 Å². The van der Waals surface area contributed by atoms with Gasteiger partial charge in [-0.15, -0.1) is 0 Å². The molecule has 0 unspecified atom stereocenters. The van der Waals surface area contributed by atoms with Crippen LogP contribution in [0, 0.1) is 0 Å². The van der Waals surface area contributed by atoms with Gasteiger partial charge in [0, 0.05) is 32.1 Å². The van der Waals surface area contributed by atoms with Gasteiger partial charge in [0.25, 0.3) is 0 Å². The normalized spacial score (nSPS) is 17.2. The van der Waals surface area contributed by atoms with Crippen LogP contribution in [0.4, 0.5) is 0 Å². The lowest BCUT2D eigenvalue weighted by atomic mass is 10.1. The van der Waals surface area contributed by atoms with Crippen LogP contribution in [0.3, 0.4) is 0 Å². The van der Waals surface area contributed by atoms with E-state index in [0.29, 0.717) is 45.4 Å². The molecule has 1 fully saturated rings. The Kier molecular flexibility index (Phi) is 26.0. The smallest absolute Gasteiger partial charge is 0.245 e. The second-order valence-corrected chi connectivity index (χ2v) is 14.5. The topological polar surface area (TPSA) is 128 Å². The molecule has 0 bridgehead atoms. The fourth-order valence-corrected chi connectivity index (χ4v) is 6.36. The number of likely N-dealkylation sites (tertiary alicyclic amines) is 1. The van der Waals surface area contributed by atoms with Crippen molar-refractivity contribution >= 4 is 17.7 Å². The van der Waals surface area contributed by atoms with Crippen molar-refractivity contribution in [3.8, 4) is 0 Å². The van der Waals surface area contributed by atoms with Gasteiger partial charge in [0.2, 0.25) is 17.7 Å². The maximum absolute atomic E-state index is 14.1. The van der Waals surface area contributed by atoms with Gasteiger partial charge in [-0.2, -0.15) is 0 Å². The number of nitrogens with zero attached hydrogens (tertiary/aromatic N) is 4. The van der Waals surface area contributed by atoms with E-state index in [1.54, 1.807) is 4.90 Å². The van der Waals surface area contributed by atoms with Crippen LogP contribution in [0.5, 0.6) is 0 Å². The number of allylic oxidation sites excluding steroid dienone is 4. The third-order valence-electron chi connectivity index (χ3n) is 9.25. The quantitative estimate of drug-likeness (QED) is 0.0739. The molecule has 49 heavy (non-hydrogen) atoms. The molecule has 0 aliphatic carbocycles. The monoisotopic (exact) mass is 690 g/mol. The molecule has 0 aromatic carbocycles. The first-order chi connectivity index (χ1) is 23.6. The summed E-state index contributed by atoms with van der Waals surface area (Å²) in [6, 6.07) is -1.56. The highest BCUT2D eigenvalue weighted by Crippen LogP contribution is 2.23. The molecule has 0 spiro atoms. The molecule has 10 heteroatoms. The zero-order chi connectivity index (χ0) is 36.3. The summed E-state index contributed by atoms with van der Waals surface area (Å²) < 4.78 is 0. The molecule has 1 heterocycles. The highest BCUT2D eigenvalue weighted by atomic mass is 16.2. The van der Waals surface area contributed by atoms with Crippen LogP contribution in [0.1, 0.15) is 122 Å². The second-order valence-electron chi connectivity index (χ2n) is 14.5. The van der Waals surface area contributed by atoms with Gasteiger partial charge in [-0.25, -0.2) is 0 Å². The fraction of sp³-hybridized carbons (Fsp3) is 0.821. The average Bonchev–Trinajstić information content (AvgIpc) is 3.48. The fourth-order valence-electron chi connectivity index (χ4n) is 6.36. The number of nitrogens with two attached hydrogens (primary N) is 2. The third-order valence-corrected chi connectivity index (χ3v) is 9.25. The zero-order valence-electron chi connectivity index (χ0n) is 32.2.